The molecule has 1 aliphatic heterocycles. The number of fused-ring (bicyclic) bond motifs is 3. The first-order valence-electron chi connectivity index (χ1n) is 10.1. The highest BCUT2D eigenvalue weighted by molar-refractivity contribution is 5.81. The van der Waals surface area contributed by atoms with Gasteiger partial charge in [0.2, 0.25) is 0 Å². The van der Waals surface area contributed by atoms with E-state index in [0.29, 0.717) is 0 Å². The van der Waals surface area contributed by atoms with Crippen LogP contribution in [0.3, 0.4) is 0 Å². The van der Waals surface area contributed by atoms with E-state index in [9.17, 15) is 14.7 Å². The average Bonchev–Trinajstić information content (AvgIpc) is 3.04. The van der Waals surface area contributed by atoms with Gasteiger partial charge in [-0.3, -0.25) is 4.90 Å². The molecule has 1 spiro atoms. The molecule has 0 aromatic heterocycles. The van der Waals surface area contributed by atoms with Gasteiger partial charge in [0.25, 0.3) is 0 Å². The van der Waals surface area contributed by atoms with Gasteiger partial charge in [0, 0.05) is 5.92 Å². The Morgan fingerprint density at radius 2 is 1.69 bits per heavy atom. The summed E-state index contributed by atoms with van der Waals surface area (Å²) < 4.78 is 11.5. The average molecular weight is 393 g/mol. The van der Waals surface area contributed by atoms with E-state index in [0.717, 1.165) is 41.5 Å². The molecule has 6 heteroatoms. The molecule has 2 aromatic rings. The van der Waals surface area contributed by atoms with Gasteiger partial charge in [-0.2, -0.15) is 0 Å². The van der Waals surface area contributed by atoms with Gasteiger partial charge in [0.1, 0.15) is 6.61 Å². The molecule has 2 aromatic carbocycles. The maximum absolute atomic E-state index is 12.9. The fraction of sp³-hybridized carbons (Fsp3) is 0.391. The minimum absolute atomic E-state index is 0.0134. The van der Waals surface area contributed by atoms with Crippen molar-refractivity contribution in [3.05, 3.63) is 59.7 Å². The number of amides is 1. The molecule has 1 saturated heterocycles. The molecule has 1 heterocycles. The third-order valence-electron chi connectivity index (χ3n) is 6.50. The van der Waals surface area contributed by atoms with Gasteiger partial charge in [0.15, 0.2) is 6.04 Å². The molecule has 6 nitrogen and oxygen atoms in total. The SMILES string of the molecule is O=C(O)C1COC2(CCC2)CN1C(=O)OCC1c2ccccc2-c2ccccc21. The molecule has 5 rings (SSSR count). The number of carboxylic acids is 1. The minimum Gasteiger partial charge on any atom is -0.480 e. The first-order valence-corrected chi connectivity index (χ1v) is 10.1. The Morgan fingerprint density at radius 3 is 2.24 bits per heavy atom. The van der Waals surface area contributed by atoms with Gasteiger partial charge in [-0.05, 0) is 41.5 Å². The first-order chi connectivity index (χ1) is 14.1. The summed E-state index contributed by atoms with van der Waals surface area (Å²) in [6.45, 7) is 0.476. The van der Waals surface area contributed by atoms with E-state index in [-0.39, 0.29) is 25.7 Å². The lowest BCUT2D eigenvalue weighted by atomic mass is 9.78. The van der Waals surface area contributed by atoms with Crippen LogP contribution in [0.1, 0.15) is 36.3 Å². The summed E-state index contributed by atoms with van der Waals surface area (Å²) in [5, 5.41) is 9.53. The Labute approximate surface area is 169 Å². The van der Waals surface area contributed by atoms with Crippen molar-refractivity contribution in [1.29, 1.82) is 0 Å². The number of benzene rings is 2. The summed E-state index contributed by atoms with van der Waals surface area (Å²) in [5.74, 6) is -1.11. The number of carboxylic acid groups (broad SMARTS) is 1. The number of aliphatic carboxylic acids is 1. The van der Waals surface area contributed by atoms with Gasteiger partial charge in [-0.15, -0.1) is 0 Å². The molecular formula is C23H23NO5. The predicted octanol–water partition coefficient (Wildman–Crippen LogP) is 3.64. The molecule has 150 valence electrons. The van der Waals surface area contributed by atoms with Gasteiger partial charge in [-0.1, -0.05) is 48.5 Å². The molecular weight excluding hydrogens is 370 g/mol. The summed E-state index contributed by atoms with van der Waals surface area (Å²) in [7, 11) is 0. The molecule has 2 fully saturated rings. The quantitative estimate of drug-likeness (QED) is 0.862. The highest BCUT2D eigenvalue weighted by Gasteiger charge is 2.49. The molecule has 1 N–H and O–H groups in total. The number of hydrogen-bond donors (Lipinski definition) is 1. The Hall–Kier alpha value is -2.86. The zero-order chi connectivity index (χ0) is 20.0. The maximum Gasteiger partial charge on any atom is 0.410 e. The number of rotatable bonds is 3. The van der Waals surface area contributed by atoms with Crippen LogP contribution in [0.2, 0.25) is 0 Å². The van der Waals surface area contributed by atoms with E-state index in [2.05, 4.69) is 24.3 Å². The fourth-order valence-corrected chi connectivity index (χ4v) is 4.76. The smallest absolute Gasteiger partial charge is 0.410 e. The molecule has 0 radical (unpaired) electrons. The van der Waals surface area contributed by atoms with Crippen molar-refractivity contribution in [2.24, 2.45) is 0 Å². The van der Waals surface area contributed by atoms with Crippen LogP contribution in [0.15, 0.2) is 48.5 Å². The molecule has 1 saturated carbocycles. The van der Waals surface area contributed by atoms with Crippen LogP contribution in [0.4, 0.5) is 4.79 Å². The van der Waals surface area contributed by atoms with Crippen molar-refractivity contribution < 1.29 is 24.2 Å². The second-order valence-electron chi connectivity index (χ2n) is 8.13. The van der Waals surface area contributed by atoms with Crippen molar-refractivity contribution in [1.82, 2.24) is 4.90 Å². The summed E-state index contributed by atoms with van der Waals surface area (Å²) in [6, 6.07) is 15.3. The minimum atomic E-state index is -1.06. The zero-order valence-corrected chi connectivity index (χ0v) is 16.0. The van der Waals surface area contributed by atoms with E-state index in [1.54, 1.807) is 0 Å². The lowest BCUT2D eigenvalue weighted by Gasteiger charge is -2.49. The van der Waals surface area contributed by atoms with Crippen LogP contribution in [0.5, 0.6) is 0 Å². The molecule has 1 amide bonds. The first kappa shape index (κ1) is 18.2. The highest BCUT2D eigenvalue weighted by Crippen LogP contribution is 2.45. The molecule has 3 aliphatic rings. The monoisotopic (exact) mass is 393 g/mol. The van der Waals surface area contributed by atoms with Crippen molar-refractivity contribution >= 4 is 12.1 Å². The molecule has 1 unspecified atom stereocenters. The van der Waals surface area contributed by atoms with Crippen LogP contribution in [0, 0.1) is 0 Å². The van der Waals surface area contributed by atoms with E-state index in [4.69, 9.17) is 9.47 Å². The van der Waals surface area contributed by atoms with Crippen LogP contribution in [-0.4, -0.2) is 53.5 Å². The summed E-state index contributed by atoms with van der Waals surface area (Å²) in [6.07, 6.45) is 2.17. The number of ether oxygens (including phenoxy) is 2. The van der Waals surface area contributed by atoms with Gasteiger partial charge >= 0.3 is 12.1 Å². The predicted molar refractivity (Wildman–Crippen MR) is 106 cm³/mol. The van der Waals surface area contributed by atoms with E-state index in [1.807, 2.05) is 24.3 Å². The third kappa shape index (κ3) is 2.99. The third-order valence-corrected chi connectivity index (χ3v) is 6.50. The Kier molecular flexibility index (Phi) is 4.32. The summed E-state index contributed by atoms with van der Waals surface area (Å²) in [4.78, 5) is 25.9. The standard InChI is InChI=1S/C23H23NO5/c25-21(26)20-13-29-23(10-5-11-23)14-24(20)22(27)28-12-19-17-8-3-1-6-15(17)16-7-2-4-9-18(16)19/h1-4,6-9,19-20H,5,10-14H2,(H,25,26). The number of morpholine rings is 1. The molecule has 29 heavy (non-hydrogen) atoms. The van der Waals surface area contributed by atoms with E-state index in [1.165, 1.54) is 4.90 Å². The number of carbonyl (C=O) groups excluding carboxylic acids is 1. The second-order valence-corrected chi connectivity index (χ2v) is 8.13. The van der Waals surface area contributed by atoms with Crippen molar-refractivity contribution in [2.75, 3.05) is 19.8 Å². The fourth-order valence-electron chi connectivity index (χ4n) is 4.76. The zero-order valence-electron chi connectivity index (χ0n) is 16.0. The van der Waals surface area contributed by atoms with Crippen molar-refractivity contribution in [3.8, 4) is 11.1 Å². The summed E-state index contributed by atoms with van der Waals surface area (Å²) >= 11 is 0. The highest BCUT2D eigenvalue weighted by atomic mass is 16.6. The van der Waals surface area contributed by atoms with E-state index >= 15 is 0 Å². The second kappa shape index (κ2) is 6.88. The van der Waals surface area contributed by atoms with Gasteiger partial charge < -0.3 is 14.6 Å². The van der Waals surface area contributed by atoms with Crippen LogP contribution < -0.4 is 0 Å². The summed E-state index contributed by atoms with van der Waals surface area (Å²) in [5.41, 5.74) is 4.19. The lowest BCUT2D eigenvalue weighted by Crippen LogP contribution is -2.63. The number of nitrogens with zero attached hydrogens (tertiary/aromatic N) is 1. The van der Waals surface area contributed by atoms with Crippen molar-refractivity contribution in [3.63, 3.8) is 0 Å². The maximum atomic E-state index is 12.9. The lowest BCUT2D eigenvalue weighted by molar-refractivity contribution is -0.180. The largest absolute Gasteiger partial charge is 0.480 e. The molecule has 2 aliphatic carbocycles. The van der Waals surface area contributed by atoms with Crippen LogP contribution in [-0.2, 0) is 14.3 Å². The number of carbonyl (C=O) groups is 2. The molecule has 0 bridgehead atoms. The Balaban J connectivity index is 1.35. The van der Waals surface area contributed by atoms with Crippen molar-refractivity contribution in [2.45, 2.75) is 36.8 Å². The normalized spacial score (nSPS) is 21.9. The topological polar surface area (TPSA) is 76.1 Å². The van der Waals surface area contributed by atoms with Crippen LogP contribution in [0.25, 0.3) is 11.1 Å². The Morgan fingerprint density at radius 1 is 1.07 bits per heavy atom. The molecule has 1 atom stereocenters. The van der Waals surface area contributed by atoms with Gasteiger partial charge in [0.05, 0.1) is 18.8 Å². The Bertz CT molecular complexity index is 922. The van der Waals surface area contributed by atoms with E-state index < -0.39 is 23.7 Å². The number of hydrogen-bond acceptors (Lipinski definition) is 4. The van der Waals surface area contributed by atoms with Crippen LogP contribution >= 0.6 is 0 Å². The van der Waals surface area contributed by atoms with Gasteiger partial charge in [-0.25, -0.2) is 9.59 Å².